The van der Waals surface area contributed by atoms with Gasteiger partial charge in [-0.15, -0.1) is 0 Å². The van der Waals surface area contributed by atoms with Crippen molar-refractivity contribution >= 4 is 5.78 Å². The summed E-state index contributed by atoms with van der Waals surface area (Å²) in [6, 6.07) is 4.22. The van der Waals surface area contributed by atoms with Crippen molar-refractivity contribution in [2.24, 2.45) is 11.1 Å². The summed E-state index contributed by atoms with van der Waals surface area (Å²) in [5.41, 5.74) is 6.94. The number of carbonyl (C=O) groups excluding carboxylic acids is 1. The third-order valence-electron chi connectivity index (χ3n) is 3.81. The molecule has 0 aliphatic carbocycles. The number of hydrogen-bond donors (Lipinski definition) is 1. The smallest absolute Gasteiger partial charge is 0.147 e. The van der Waals surface area contributed by atoms with Crippen molar-refractivity contribution in [3.05, 3.63) is 35.1 Å². The van der Waals surface area contributed by atoms with Crippen LogP contribution in [0.15, 0.2) is 18.2 Å². The minimum atomic E-state index is -0.624. The Morgan fingerprint density at radius 1 is 1.61 bits per heavy atom. The predicted octanol–water partition coefficient (Wildman–Crippen LogP) is 1.61. The molecule has 1 heterocycles. The third-order valence-corrected chi connectivity index (χ3v) is 3.81. The van der Waals surface area contributed by atoms with Crippen LogP contribution < -0.4 is 5.73 Å². The Kier molecular flexibility index (Phi) is 3.50. The number of ether oxygens (including phenoxy) is 1. The van der Waals surface area contributed by atoms with Crippen LogP contribution in [0.4, 0.5) is 4.39 Å². The number of halogens is 1. The Balaban J connectivity index is 2.16. The van der Waals surface area contributed by atoms with Crippen molar-refractivity contribution in [3.8, 4) is 0 Å². The summed E-state index contributed by atoms with van der Waals surface area (Å²) in [5, 5.41) is 0. The molecule has 1 aromatic carbocycles. The molecule has 2 unspecified atom stereocenters. The summed E-state index contributed by atoms with van der Waals surface area (Å²) in [6.07, 6.45) is 0.277. The summed E-state index contributed by atoms with van der Waals surface area (Å²) in [7, 11) is 0. The summed E-state index contributed by atoms with van der Waals surface area (Å²) >= 11 is 0. The quantitative estimate of drug-likeness (QED) is 0.888. The lowest BCUT2D eigenvalue weighted by Crippen LogP contribution is -2.45. The zero-order valence-corrected chi connectivity index (χ0v) is 10.7. The van der Waals surface area contributed by atoms with E-state index in [1.165, 1.54) is 12.1 Å². The van der Waals surface area contributed by atoms with Gasteiger partial charge in [-0.1, -0.05) is 6.07 Å². The van der Waals surface area contributed by atoms with Crippen LogP contribution in [-0.4, -0.2) is 25.0 Å². The van der Waals surface area contributed by atoms with E-state index >= 15 is 0 Å². The lowest BCUT2D eigenvalue weighted by Gasteiger charge is -2.25. The van der Waals surface area contributed by atoms with E-state index in [1.54, 1.807) is 13.0 Å². The van der Waals surface area contributed by atoms with Gasteiger partial charge < -0.3 is 10.5 Å². The van der Waals surface area contributed by atoms with Gasteiger partial charge in [0.2, 0.25) is 0 Å². The summed E-state index contributed by atoms with van der Waals surface area (Å²) in [4.78, 5) is 12.3. The van der Waals surface area contributed by atoms with E-state index in [9.17, 15) is 9.18 Å². The van der Waals surface area contributed by atoms with Crippen molar-refractivity contribution in [2.45, 2.75) is 26.3 Å². The van der Waals surface area contributed by atoms with Crippen molar-refractivity contribution in [3.63, 3.8) is 0 Å². The van der Waals surface area contributed by atoms with Crippen molar-refractivity contribution < 1.29 is 13.9 Å². The zero-order valence-electron chi connectivity index (χ0n) is 10.7. The molecule has 2 N–H and O–H groups in total. The lowest BCUT2D eigenvalue weighted by molar-refractivity contribution is -0.127. The SMILES string of the molecule is Cc1cc(F)ccc1CC(=O)C1(C)COCC1N. The second kappa shape index (κ2) is 4.78. The second-order valence-electron chi connectivity index (χ2n) is 5.21. The molecule has 1 aliphatic rings. The van der Waals surface area contributed by atoms with Gasteiger partial charge in [-0.25, -0.2) is 4.39 Å². The van der Waals surface area contributed by atoms with Crippen LogP contribution >= 0.6 is 0 Å². The van der Waals surface area contributed by atoms with Gasteiger partial charge in [-0.05, 0) is 37.1 Å². The number of carbonyl (C=O) groups is 1. The summed E-state index contributed by atoms with van der Waals surface area (Å²) in [6.45, 7) is 4.43. The Morgan fingerprint density at radius 2 is 2.33 bits per heavy atom. The van der Waals surface area contributed by atoms with E-state index in [4.69, 9.17) is 10.5 Å². The van der Waals surface area contributed by atoms with E-state index < -0.39 is 5.41 Å². The molecule has 1 aliphatic heterocycles. The Hall–Kier alpha value is -1.26. The van der Waals surface area contributed by atoms with Crippen LogP contribution in [0.2, 0.25) is 0 Å². The molecule has 1 fully saturated rings. The minimum absolute atomic E-state index is 0.0576. The molecule has 0 spiro atoms. The molecular weight excluding hydrogens is 233 g/mol. The molecule has 0 aromatic heterocycles. The molecule has 18 heavy (non-hydrogen) atoms. The normalized spacial score (nSPS) is 27.4. The average Bonchev–Trinajstić information content (AvgIpc) is 2.64. The van der Waals surface area contributed by atoms with Gasteiger partial charge in [0, 0.05) is 12.5 Å². The lowest BCUT2D eigenvalue weighted by atomic mass is 9.78. The van der Waals surface area contributed by atoms with E-state index in [0.29, 0.717) is 13.2 Å². The maximum Gasteiger partial charge on any atom is 0.147 e. The van der Waals surface area contributed by atoms with Crippen LogP contribution in [0.5, 0.6) is 0 Å². The van der Waals surface area contributed by atoms with Crippen molar-refractivity contribution in [2.75, 3.05) is 13.2 Å². The number of Topliss-reactive ketones (excluding diaryl/α,β-unsaturated/α-hetero) is 1. The Morgan fingerprint density at radius 3 is 2.89 bits per heavy atom. The summed E-state index contributed by atoms with van der Waals surface area (Å²) < 4.78 is 18.3. The van der Waals surface area contributed by atoms with E-state index in [0.717, 1.165) is 11.1 Å². The highest BCUT2D eigenvalue weighted by molar-refractivity contribution is 5.88. The molecule has 0 radical (unpaired) electrons. The molecule has 0 amide bonds. The number of ketones is 1. The van der Waals surface area contributed by atoms with Crippen molar-refractivity contribution in [1.29, 1.82) is 0 Å². The van der Waals surface area contributed by atoms with Gasteiger partial charge >= 0.3 is 0 Å². The van der Waals surface area contributed by atoms with Gasteiger partial charge in [-0.3, -0.25) is 4.79 Å². The van der Waals surface area contributed by atoms with Gasteiger partial charge in [-0.2, -0.15) is 0 Å². The molecule has 1 aromatic rings. The fraction of sp³-hybridized carbons (Fsp3) is 0.500. The number of rotatable bonds is 3. The zero-order chi connectivity index (χ0) is 13.3. The molecule has 0 saturated carbocycles. The molecule has 2 atom stereocenters. The number of aryl methyl sites for hydroxylation is 1. The van der Waals surface area contributed by atoms with Gasteiger partial charge in [0.1, 0.15) is 11.6 Å². The van der Waals surface area contributed by atoms with Crippen LogP contribution in [0.25, 0.3) is 0 Å². The largest absolute Gasteiger partial charge is 0.379 e. The average molecular weight is 251 g/mol. The molecule has 0 bridgehead atoms. The maximum absolute atomic E-state index is 13.0. The van der Waals surface area contributed by atoms with Crippen LogP contribution in [0.1, 0.15) is 18.1 Å². The molecule has 2 rings (SSSR count). The Bertz CT molecular complexity index is 475. The number of benzene rings is 1. The number of nitrogens with two attached hydrogens (primary N) is 1. The van der Waals surface area contributed by atoms with Crippen LogP contribution in [0, 0.1) is 18.2 Å². The molecule has 4 heteroatoms. The first kappa shape index (κ1) is 13.2. The fourth-order valence-electron chi connectivity index (χ4n) is 2.21. The van der Waals surface area contributed by atoms with Crippen LogP contribution in [-0.2, 0) is 16.0 Å². The predicted molar refractivity (Wildman–Crippen MR) is 66.7 cm³/mol. The van der Waals surface area contributed by atoms with Gasteiger partial charge in [0.05, 0.1) is 18.6 Å². The first-order valence-electron chi connectivity index (χ1n) is 6.05. The molecular formula is C14H18FNO2. The number of hydrogen-bond acceptors (Lipinski definition) is 3. The fourth-order valence-corrected chi connectivity index (χ4v) is 2.21. The minimum Gasteiger partial charge on any atom is -0.379 e. The van der Waals surface area contributed by atoms with E-state index in [-0.39, 0.29) is 24.1 Å². The summed E-state index contributed by atoms with van der Waals surface area (Å²) in [5.74, 6) is -0.224. The molecule has 3 nitrogen and oxygen atoms in total. The molecule has 98 valence electrons. The van der Waals surface area contributed by atoms with Crippen molar-refractivity contribution in [1.82, 2.24) is 0 Å². The van der Waals surface area contributed by atoms with Crippen LogP contribution in [0.3, 0.4) is 0 Å². The highest BCUT2D eigenvalue weighted by Gasteiger charge is 2.43. The van der Waals surface area contributed by atoms with E-state index in [1.807, 2.05) is 6.92 Å². The maximum atomic E-state index is 13.0. The van der Waals surface area contributed by atoms with Gasteiger partial charge in [0.15, 0.2) is 0 Å². The topological polar surface area (TPSA) is 52.3 Å². The standard InChI is InChI=1S/C14H18FNO2/c1-9-5-11(15)4-3-10(9)6-13(17)14(2)8-18-7-12(14)16/h3-5,12H,6-8,16H2,1-2H3. The van der Waals surface area contributed by atoms with Gasteiger partial charge in [0.25, 0.3) is 0 Å². The van der Waals surface area contributed by atoms with E-state index in [2.05, 4.69) is 0 Å². The molecule has 1 saturated heterocycles. The third kappa shape index (κ3) is 2.31. The Labute approximate surface area is 106 Å². The first-order valence-corrected chi connectivity index (χ1v) is 6.05. The first-order chi connectivity index (χ1) is 8.43. The second-order valence-corrected chi connectivity index (χ2v) is 5.21. The monoisotopic (exact) mass is 251 g/mol. The highest BCUT2D eigenvalue weighted by Crippen LogP contribution is 2.30. The highest BCUT2D eigenvalue weighted by atomic mass is 19.1.